The lowest BCUT2D eigenvalue weighted by molar-refractivity contribution is 0.438. The van der Waals surface area contributed by atoms with Crippen molar-refractivity contribution >= 4 is 11.8 Å². The Hall–Kier alpha value is -0.540. The van der Waals surface area contributed by atoms with Crippen molar-refractivity contribution in [2.24, 2.45) is 11.1 Å². The number of rotatable bonds is 4. The van der Waals surface area contributed by atoms with Crippen molar-refractivity contribution in [3.8, 4) is 0 Å². The summed E-state index contributed by atoms with van der Waals surface area (Å²) in [6.45, 7) is 4.92. The smallest absolute Gasteiger partial charge is 0.123 e. The minimum Gasteiger partial charge on any atom is -0.330 e. The molecule has 0 atom stereocenters. The average molecular weight is 213 g/mol. The van der Waals surface area contributed by atoms with Crippen molar-refractivity contribution in [2.75, 3.05) is 12.3 Å². The third-order valence-electron chi connectivity index (χ3n) is 2.00. The van der Waals surface area contributed by atoms with E-state index in [0.717, 1.165) is 10.6 Å². The van der Waals surface area contributed by atoms with E-state index in [1.54, 1.807) is 23.9 Å². The summed E-state index contributed by atoms with van der Waals surface area (Å²) in [6, 6.07) is 6.56. The predicted octanol–water partition coefficient (Wildman–Crippen LogP) is 2.90. The van der Waals surface area contributed by atoms with Gasteiger partial charge in [-0.15, -0.1) is 11.8 Å². The minimum absolute atomic E-state index is 0.138. The second-order valence-corrected chi connectivity index (χ2v) is 5.16. The Balaban J connectivity index is 2.50. The van der Waals surface area contributed by atoms with Gasteiger partial charge in [-0.2, -0.15) is 0 Å². The molecule has 0 aromatic heterocycles. The fourth-order valence-electron chi connectivity index (χ4n) is 0.868. The fourth-order valence-corrected chi connectivity index (χ4v) is 1.87. The maximum absolute atomic E-state index is 12.6. The van der Waals surface area contributed by atoms with Crippen LogP contribution in [0.5, 0.6) is 0 Å². The van der Waals surface area contributed by atoms with E-state index in [9.17, 15) is 4.39 Å². The Morgan fingerprint density at radius 2 is 1.86 bits per heavy atom. The molecule has 0 bridgehead atoms. The molecule has 0 amide bonds. The molecule has 3 heteroatoms. The van der Waals surface area contributed by atoms with Crippen LogP contribution in [0.4, 0.5) is 4.39 Å². The maximum atomic E-state index is 12.6. The van der Waals surface area contributed by atoms with Crippen molar-refractivity contribution < 1.29 is 4.39 Å². The largest absolute Gasteiger partial charge is 0.330 e. The Morgan fingerprint density at radius 3 is 2.36 bits per heavy atom. The van der Waals surface area contributed by atoms with Crippen molar-refractivity contribution in [3.05, 3.63) is 30.1 Å². The summed E-state index contributed by atoms with van der Waals surface area (Å²) in [7, 11) is 0. The molecule has 2 N–H and O–H groups in total. The standard InChI is InChI=1S/C11H16FNS/c1-11(2,7-13)8-14-10-5-3-9(12)4-6-10/h3-6H,7-8,13H2,1-2H3. The Morgan fingerprint density at radius 1 is 1.29 bits per heavy atom. The SMILES string of the molecule is CC(C)(CN)CSc1ccc(F)cc1. The Labute approximate surface area is 88.9 Å². The van der Waals surface area contributed by atoms with E-state index in [-0.39, 0.29) is 11.2 Å². The van der Waals surface area contributed by atoms with Gasteiger partial charge in [0.25, 0.3) is 0 Å². The summed E-state index contributed by atoms with van der Waals surface area (Å²) in [5.41, 5.74) is 5.76. The number of benzene rings is 1. The van der Waals surface area contributed by atoms with Gasteiger partial charge >= 0.3 is 0 Å². The van der Waals surface area contributed by atoms with Gasteiger partial charge < -0.3 is 5.73 Å². The summed E-state index contributed by atoms with van der Waals surface area (Å²) in [6.07, 6.45) is 0. The highest BCUT2D eigenvalue weighted by Gasteiger charge is 2.15. The van der Waals surface area contributed by atoms with E-state index in [2.05, 4.69) is 13.8 Å². The van der Waals surface area contributed by atoms with Gasteiger partial charge in [-0.05, 0) is 36.2 Å². The summed E-state index contributed by atoms with van der Waals surface area (Å²) in [5.74, 6) is 0.766. The first-order valence-corrected chi connectivity index (χ1v) is 5.60. The molecule has 0 heterocycles. The lowest BCUT2D eigenvalue weighted by Crippen LogP contribution is -2.25. The van der Waals surface area contributed by atoms with E-state index in [4.69, 9.17) is 5.73 Å². The van der Waals surface area contributed by atoms with Gasteiger partial charge in [0.15, 0.2) is 0 Å². The molecule has 0 aliphatic rings. The highest BCUT2D eigenvalue weighted by Crippen LogP contribution is 2.26. The van der Waals surface area contributed by atoms with Crippen LogP contribution in [-0.4, -0.2) is 12.3 Å². The van der Waals surface area contributed by atoms with Crippen LogP contribution < -0.4 is 5.73 Å². The van der Waals surface area contributed by atoms with Crippen molar-refractivity contribution in [1.29, 1.82) is 0 Å². The molecule has 0 aliphatic carbocycles. The van der Waals surface area contributed by atoms with Crippen LogP contribution in [0.25, 0.3) is 0 Å². The van der Waals surface area contributed by atoms with Gasteiger partial charge in [0.1, 0.15) is 5.82 Å². The second kappa shape index (κ2) is 4.80. The monoisotopic (exact) mass is 213 g/mol. The van der Waals surface area contributed by atoms with Gasteiger partial charge in [-0.25, -0.2) is 4.39 Å². The molecule has 78 valence electrons. The van der Waals surface area contributed by atoms with Crippen molar-refractivity contribution in [2.45, 2.75) is 18.7 Å². The van der Waals surface area contributed by atoms with Crippen LogP contribution in [0.15, 0.2) is 29.2 Å². The molecule has 0 unspecified atom stereocenters. The third kappa shape index (κ3) is 3.68. The topological polar surface area (TPSA) is 26.0 Å². The van der Waals surface area contributed by atoms with E-state index < -0.39 is 0 Å². The van der Waals surface area contributed by atoms with E-state index in [1.807, 2.05) is 0 Å². The quantitative estimate of drug-likeness (QED) is 0.778. The number of nitrogens with two attached hydrogens (primary N) is 1. The van der Waals surface area contributed by atoms with Gasteiger partial charge in [-0.1, -0.05) is 13.8 Å². The first-order valence-electron chi connectivity index (χ1n) is 4.62. The summed E-state index contributed by atoms with van der Waals surface area (Å²) in [5, 5.41) is 0. The molecule has 0 fully saturated rings. The molecule has 0 aliphatic heterocycles. The van der Waals surface area contributed by atoms with Gasteiger partial charge in [0, 0.05) is 10.6 Å². The van der Waals surface area contributed by atoms with E-state index >= 15 is 0 Å². The second-order valence-electron chi connectivity index (χ2n) is 4.11. The van der Waals surface area contributed by atoms with Crippen LogP contribution in [0.1, 0.15) is 13.8 Å². The van der Waals surface area contributed by atoms with Crippen LogP contribution in [0.2, 0.25) is 0 Å². The first kappa shape index (κ1) is 11.5. The molecule has 1 aromatic carbocycles. The zero-order chi connectivity index (χ0) is 10.6. The summed E-state index contributed by atoms with van der Waals surface area (Å²) >= 11 is 1.71. The number of hydrogen-bond donors (Lipinski definition) is 1. The first-order chi connectivity index (χ1) is 6.53. The minimum atomic E-state index is -0.188. The Bertz CT molecular complexity index is 282. The number of hydrogen-bond acceptors (Lipinski definition) is 2. The van der Waals surface area contributed by atoms with Crippen LogP contribution in [0, 0.1) is 11.2 Å². The molecule has 0 saturated carbocycles. The van der Waals surface area contributed by atoms with Gasteiger partial charge in [0.2, 0.25) is 0 Å². The van der Waals surface area contributed by atoms with Crippen molar-refractivity contribution in [3.63, 3.8) is 0 Å². The van der Waals surface area contributed by atoms with Crippen LogP contribution in [0.3, 0.4) is 0 Å². The van der Waals surface area contributed by atoms with Gasteiger partial charge in [0.05, 0.1) is 0 Å². The van der Waals surface area contributed by atoms with Gasteiger partial charge in [-0.3, -0.25) is 0 Å². The number of halogens is 1. The average Bonchev–Trinajstić information content (AvgIpc) is 2.17. The highest BCUT2D eigenvalue weighted by atomic mass is 32.2. The normalized spacial score (nSPS) is 11.7. The highest BCUT2D eigenvalue weighted by molar-refractivity contribution is 7.99. The molecular weight excluding hydrogens is 197 g/mol. The summed E-state index contributed by atoms with van der Waals surface area (Å²) in [4.78, 5) is 1.09. The molecular formula is C11H16FNS. The lowest BCUT2D eigenvalue weighted by atomic mass is 9.97. The maximum Gasteiger partial charge on any atom is 0.123 e. The molecule has 0 saturated heterocycles. The molecule has 0 radical (unpaired) electrons. The zero-order valence-electron chi connectivity index (χ0n) is 8.59. The number of thioether (sulfide) groups is 1. The Kier molecular flexibility index (Phi) is 3.96. The van der Waals surface area contributed by atoms with Crippen LogP contribution in [-0.2, 0) is 0 Å². The fraction of sp³-hybridized carbons (Fsp3) is 0.455. The zero-order valence-corrected chi connectivity index (χ0v) is 9.40. The molecule has 1 nitrogen and oxygen atoms in total. The van der Waals surface area contributed by atoms with E-state index in [0.29, 0.717) is 6.54 Å². The van der Waals surface area contributed by atoms with E-state index in [1.165, 1.54) is 12.1 Å². The predicted molar refractivity (Wildman–Crippen MR) is 60.0 cm³/mol. The lowest BCUT2D eigenvalue weighted by Gasteiger charge is -2.21. The molecule has 14 heavy (non-hydrogen) atoms. The van der Waals surface area contributed by atoms with Crippen molar-refractivity contribution in [1.82, 2.24) is 0 Å². The van der Waals surface area contributed by atoms with Crippen LogP contribution >= 0.6 is 11.8 Å². The molecule has 1 rings (SSSR count). The molecule has 0 spiro atoms. The molecule has 1 aromatic rings. The summed E-state index contributed by atoms with van der Waals surface area (Å²) < 4.78 is 12.6. The third-order valence-corrected chi connectivity index (χ3v) is 3.53.